The SMILES string of the molecule is COCCN(Cc1cnn(C)c1)C(=O)[C@@H]1CC12CCNCC2. The zero-order chi connectivity index (χ0) is 15.6. The highest BCUT2D eigenvalue weighted by molar-refractivity contribution is 5.82. The van der Waals surface area contributed by atoms with Gasteiger partial charge in [-0.3, -0.25) is 9.48 Å². The summed E-state index contributed by atoms with van der Waals surface area (Å²) in [6.07, 6.45) is 7.13. The lowest BCUT2D eigenvalue weighted by Crippen LogP contribution is -2.37. The smallest absolute Gasteiger partial charge is 0.226 e. The highest BCUT2D eigenvalue weighted by atomic mass is 16.5. The minimum Gasteiger partial charge on any atom is -0.383 e. The van der Waals surface area contributed by atoms with E-state index in [1.165, 1.54) is 0 Å². The van der Waals surface area contributed by atoms with Gasteiger partial charge in [0.15, 0.2) is 0 Å². The van der Waals surface area contributed by atoms with Crippen LogP contribution in [0.4, 0.5) is 0 Å². The zero-order valence-electron chi connectivity index (χ0n) is 13.5. The predicted molar refractivity (Wildman–Crippen MR) is 83.1 cm³/mol. The lowest BCUT2D eigenvalue weighted by atomic mass is 9.91. The molecule has 2 heterocycles. The van der Waals surface area contributed by atoms with E-state index in [4.69, 9.17) is 4.74 Å². The maximum Gasteiger partial charge on any atom is 0.226 e. The standard InChI is InChI=1S/C16H26N4O2/c1-19-11-13(10-18-19)12-20(7-8-22-2)15(21)14-9-16(14)3-5-17-6-4-16/h10-11,14,17H,3-9,12H2,1-2H3/t14-/m0/s1. The van der Waals surface area contributed by atoms with Crippen LogP contribution < -0.4 is 5.32 Å². The molecule has 0 unspecified atom stereocenters. The third-order valence-corrected chi connectivity index (χ3v) is 5.10. The van der Waals surface area contributed by atoms with Crippen LogP contribution in [0.25, 0.3) is 0 Å². The van der Waals surface area contributed by atoms with Gasteiger partial charge in [0, 0.05) is 44.9 Å². The molecule has 1 aliphatic heterocycles. The Balaban J connectivity index is 1.65. The molecular formula is C16H26N4O2. The number of nitrogens with zero attached hydrogens (tertiary/aromatic N) is 3. The van der Waals surface area contributed by atoms with Crippen LogP contribution in [-0.4, -0.2) is 53.9 Å². The summed E-state index contributed by atoms with van der Waals surface area (Å²) in [5.41, 5.74) is 1.36. The van der Waals surface area contributed by atoms with Crippen molar-refractivity contribution in [3.05, 3.63) is 18.0 Å². The number of ether oxygens (including phenoxy) is 1. The highest BCUT2D eigenvalue weighted by Gasteiger charge is 2.58. The van der Waals surface area contributed by atoms with Crippen molar-refractivity contribution in [2.75, 3.05) is 33.4 Å². The number of hydrogen-bond donors (Lipinski definition) is 1. The summed E-state index contributed by atoms with van der Waals surface area (Å²) < 4.78 is 6.96. The molecule has 0 aromatic carbocycles. The van der Waals surface area contributed by atoms with Gasteiger partial charge in [-0.1, -0.05) is 0 Å². The average molecular weight is 306 g/mol. The molecule has 1 atom stereocenters. The molecule has 6 heteroatoms. The van der Waals surface area contributed by atoms with Crippen LogP contribution in [0.3, 0.4) is 0 Å². The summed E-state index contributed by atoms with van der Waals surface area (Å²) in [5, 5.41) is 7.58. The van der Waals surface area contributed by atoms with E-state index in [9.17, 15) is 4.79 Å². The molecule has 1 aromatic rings. The number of aromatic nitrogens is 2. The van der Waals surface area contributed by atoms with Gasteiger partial charge in [-0.2, -0.15) is 5.10 Å². The molecule has 1 aliphatic carbocycles. The third-order valence-electron chi connectivity index (χ3n) is 5.10. The van der Waals surface area contributed by atoms with E-state index in [0.29, 0.717) is 25.6 Å². The van der Waals surface area contributed by atoms with Crippen LogP contribution in [0.1, 0.15) is 24.8 Å². The lowest BCUT2D eigenvalue weighted by molar-refractivity contribution is -0.135. The van der Waals surface area contributed by atoms with E-state index in [1.54, 1.807) is 11.8 Å². The van der Waals surface area contributed by atoms with Gasteiger partial charge in [-0.25, -0.2) is 0 Å². The predicted octanol–water partition coefficient (Wildman–Crippen LogP) is 0.785. The first-order chi connectivity index (χ1) is 10.6. The Hall–Kier alpha value is -1.40. The van der Waals surface area contributed by atoms with Crippen LogP contribution in [0.15, 0.2) is 12.4 Å². The van der Waals surface area contributed by atoms with Crippen molar-refractivity contribution in [2.45, 2.75) is 25.8 Å². The van der Waals surface area contributed by atoms with Gasteiger partial charge < -0.3 is 15.0 Å². The topological polar surface area (TPSA) is 59.4 Å². The Kier molecular flexibility index (Phi) is 4.49. The van der Waals surface area contributed by atoms with Crippen molar-refractivity contribution in [1.29, 1.82) is 0 Å². The molecule has 1 aromatic heterocycles. The summed E-state index contributed by atoms with van der Waals surface area (Å²) in [6, 6.07) is 0. The molecule has 2 fully saturated rings. The molecule has 0 radical (unpaired) electrons. The fraction of sp³-hybridized carbons (Fsp3) is 0.750. The third kappa shape index (κ3) is 3.17. The molecule has 1 amide bonds. The van der Waals surface area contributed by atoms with Crippen LogP contribution in [0.2, 0.25) is 0 Å². The van der Waals surface area contributed by atoms with Crippen LogP contribution in [-0.2, 0) is 23.1 Å². The fourth-order valence-electron chi connectivity index (χ4n) is 3.64. The molecule has 22 heavy (non-hydrogen) atoms. The number of carbonyl (C=O) groups excluding carboxylic acids is 1. The Morgan fingerprint density at radius 1 is 1.55 bits per heavy atom. The molecule has 1 spiro atoms. The van der Waals surface area contributed by atoms with E-state index in [-0.39, 0.29) is 11.3 Å². The molecule has 1 N–H and O–H groups in total. The molecule has 1 saturated heterocycles. The van der Waals surface area contributed by atoms with E-state index >= 15 is 0 Å². The Morgan fingerprint density at radius 3 is 2.95 bits per heavy atom. The second-order valence-electron chi connectivity index (χ2n) is 6.64. The summed E-state index contributed by atoms with van der Waals surface area (Å²) in [5.74, 6) is 0.505. The molecule has 2 aliphatic rings. The largest absolute Gasteiger partial charge is 0.383 e. The maximum atomic E-state index is 12.9. The number of piperidine rings is 1. The van der Waals surface area contributed by atoms with Gasteiger partial charge in [-0.05, 0) is 37.8 Å². The molecule has 6 nitrogen and oxygen atoms in total. The van der Waals surface area contributed by atoms with E-state index in [1.807, 2.05) is 24.3 Å². The second-order valence-corrected chi connectivity index (χ2v) is 6.64. The molecule has 1 saturated carbocycles. The quantitative estimate of drug-likeness (QED) is 0.844. The van der Waals surface area contributed by atoms with Crippen molar-refractivity contribution >= 4 is 5.91 Å². The molecule has 122 valence electrons. The molecule has 0 bridgehead atoms. The highest BCUT2D eigenvalue weighted by Crippen LogP contribution is 2.59. The number of aryl methyl sites for hydroxylation is 1. The normalized spacial score (nSPS) is 22.7. The van der Waals surface area contributed by atoms with Crippen molar-refractivity contribution in [3.63, 3.8) is 0 Å². The van der Waals surface area contributed by atoms with Gasteiger partial charge in [-0.15, -0.1) is 0 Å². The summed E-state index contributed by atoms with van der Waals surface area (Å²) in [4.78, 5) is 14.9. The van der Waals surface area contributed by atoms with Crippen molar-refractivity contribution < 1.29 is 9.53 Å². The summed E-state index contributed by atoms with van der Waals surface area (Å²) in [7, 11) is 3.58. The van der Waals surface area contributed by atoms with Crippen molar-refractivity contribution in [3.8, 4) is 0 Å². The minimum absolute atomic E-state index is 0.211. The van der Waals surface area contributed by atoms with E-state index < -0.39 is 0 Å². The van der Waals surface area contributed by atoms with Gasteiger partial charge in [0.1, 0.15) is 0 Å². The monoisotopic (exact) mass is 306 g/mol. The van der Waals surface area contributed by atoms with Crippen LogP contribution >= 0.6 is 0 Å². The number of nitrogens with one attached hydrogen (secondary N) is 1. The van der Waals surface area contributed by atoms with Crippen LogP contribution in [0, 0.1) is 11.3 Å². The minimum atomic E-state index is 0.211. The second kappa shape index (κ2) is 6.38. The van der Waals surface area contributed by atoms with Crippen molar-refractivity contribution in [2.24, 2.45) is 18.4 Å². The number of hydrogen-bond acceptors (Lipinski definition) is 4. The number of methoxy groups -OCH3 is 1. The van der Waals surface area contributed by atoms with Crippen molar-refractivity contribution in [1.82, 2.24) is 20.0 Å². The number of rotatable bonds is 6. The maximum absolute atomic E-state index is 12.9. The van der Waals surface area contributed by atoms with Crippen LogP contribution in [0.5, 0.6) is 0 Å². The Morgan fingerprint density at radius 2 is 2.32 bits per heavy atom. The Bertz CT molecular complexity index is 522. The zero-order valence-corrected chi connectivity index (χ0v) is 13.5. The van der Waals surface area contributed by atoms with E-state index in [2.05, 4.69) is 10.4 Å². The van der Waals surface area contributed by atoms with E-state index in [0.717, 1.165) is 37.9 Å². The van der Waals surface area contributed by atoms with Gasteiger partial charge in [0.25, 0.3) is 0 Å². The number of amides is 1. The summed E-state index contributed by atoms with van der Waals surface area (Å²) >= 11 is 0. The van der Waals surface area contributed by atoms with Gasteiger partial charge in [0.2, 0.25) is 5.91 Å². The average Bonchev–Trinajstić information content (AvgIpc) is 3.04. The first-order valence-electron chi connectivity index (χ1n) is 8.10. The first kappa shape index (κ1) is 15.5. The lowest BCUT2D eigenvalue weighted by Gasteiger charge is -2.26. The molecule has 3 rings (SSSR count). The fourth-order valence-corrected chi connectivity index (χ4v) is 3.64. The first-order valence-corrected chi connectivity index (χ1v) is 8.10. The summed E-state index contributed by atoms with van der Waals surface area (Å²) in [6.45, 7) is 3.94. The van der Waals surface area contributed by atoms with Gasteiger partial charge in [0.05, 0.1) is 12.8 Å². The Labute approximate surface area is 131 Å². The molecular weight excluding hydrogens is 280 g/mol. The van der Waals surface area contributed by atoms with Gasteiger partial charge >= 0.3 is 0 Å². The number of carbonyl (C=O) groups is 1.